The summed E-state index contributed by atoms with van der Waals surface area (Å²) in [4.78, 5) is 27.5. The zero-order valence-corrected chi connectivity index (χ0v) is 37.0. The van der Waals surface area contributed by atoms with Crippen molar-refractivity contribution in [2.75, 3.05) is 13.2 Å². The first-order valence-corrected chi connectivity index (χ1v) is 22.8. The molecule has 6 fully saturated rings. The summed E-state index contributed by atoms with van der Waals surface area (Å²) in [6.07, 6.45) is -3.85. The normalized spacial score (nSPS) is 49.5. The van der Waals surface area contributed by atoms with Gasteiger partial charge >= 0.3 is 11.9 Å². The Morgan fingerprint density at radius 1 is 0.767 bits per heavy atom. The third-order valence-corrected chi connectivity index (χ3v) is 17.9. The van der Waals surface area contributed by atoms with Crippen LogP contribution in [0.1, 0.15) is 132 Å². The summed E-state index contributed by atoms with van der Waals surface area (Å²) in [6.45, 7) is 17.8. The summed E-state index contributed by atoms with van der Waals surface area (Å²) < 4.78 is 29.4. The Morgan fingerprint density at radius 2 is 1.43 bits per heavy atom. The van der Waals surface area contributed by atoms with E-state index in [0.29, 0.717) is 31.6 Å². The Kier molecular flexibility index (Phi) is 12.6. The number of aliphatic hydroxyl groups excluding tert-OH is 7. The second-order valence-electron chi connectivity index (χ2n) is 21.9. The zero-order valence-electron chi connectivity index (χ0n) is 37.0. The highest BCUT2D eigenvalue weighted by Gasteiger charge is 2.70. The number of carbonyl (C=O) groups is 2. The lowest BCUT2D eigenvalue weighted by atomic mass is 9.33. The van der Waals surface area contributed by atoms with Crippen molar-refractivity contribution in [2.24, 2.45) is 50.2 Å². The van der Waals surface area contributed by atoms with Gasteiger partial charge < -0.3 is 59.4 Å². The van der Waals surface area contributed by atoms with E-state index in [1.165, 1.54) is 5.57 Å². The van der Waals surface area contributed by atoms with Crippen molar-refractivity contribution in [3.63, 3.8) is 0 Å². The Hall–Kier alpha value is -1.72. The van der Waals surface area contributed by atoms with E-state index < -0.39 is 85.4 Å². The fourth-order valence-electron chi connectivity index (χ4n) is 13.9. The third-order valence-electron chi connectivity index (χ3n) is 17.9. The molecule has 7 N–H and O–H groups in total. The van der Waals surface area contributed by atoms with Gasteiger partial charge in [0.05, 0.1) is 24.7 Å². The molecule has 0 aromatic carbocycles. The second-order valence-corrected chi connectivity index (χ2v) is 21.9. The number of carbonyl (C=O) groups excluding carboxylic acids is 2. The first-order chi connectivity index (χ1) is 28.0. The largest absolute Gasteiger partial charge is 0.464 e. The van der Waals surface area contributed by atoms with Gasteiger partial charge in [-0.2, -0.15) is 0 Å². The number of rotatable bonds is 9. The van der Waals surface area contributed by atoms with Crippen LogP contribution >= 0.6 is 0 Å². The number of allylic oxidation sites excluding steroid dienone is 2. The van der Waals surface area contributed by atoms with Crippen molar-refractivity contribution < 1.29 is 69.0 Å². The first kappa shape index (κ1) is 46.3. The van der Waals surface area contributed by atoms with Crippen LogP contribution in [0.15, 0.2) is 11.6 Å². The van der Waals surface area contributed by atoms with E-state index in [-0.39, 0.29) is 51.6 Å². The average molecular weight is 851 g/mol. The summed E-state index contributed by atoms with van der Waals surface area (Å²) >= 11 is 0. The van der Waals surface area contributed by atoms with Gasteiger partial charge in [0, 0.05) is 0 Å². The number of hydrogen-bond donors (Lipinski definition) is 7. The van der Waals surface area contributed by atoms with Gasteiger partial charge in [0.2, 0.25) is 6.29 Å². The molecule has 4 saturated carbocycles. The van der Waals surface area contributed by atoms with E-state index in [9.17, 15) is 45.3 Å². The maximum atomic E-state index is 14.6. The van der Waals surface area contributed by atoms with E-state index in [0.717, 1.165) is 51.4 Å². The molecule has 18 atom stereocenters. The molecular formula is C46H74O14. The van der Waals surface area contributed by atoms with E-state index >= 15 is 0 Å². The highest BCUT2D eigenvalue weighted by atomic mass is 16.7. The fourth-order valence-corrected chi connectivity index (χ4v) is 13.9. The van der Waals surface area contributed by atoms with Crippen molar-refractivity contribution in [3.05, 3.63) is 11.6 Å². The molecule has 2 aliphatic heterocycles. The number of ether oxygens (including phenoxy) is 5. The molecule has 0 radical (unpaired) electrons. The van der Waals surface area contributed by atoms with Gasteiger partial charge in [-0.1, -0.05) is 73.5 Å². The van der Waals surface area contributed by atoms with Gasteiger partial charge in [0.25, 0.3) is 0 Å². The molecule has 14 nitrogen and oxygen atoms in total. The Morgan fingerprint density at radius 3 is 2.12 bits per heavy atom. The molecule has 14 heteroatoms. The molecule has 0 amide bonds. The van der Waals surface area contributed by atoms with Gasteiger partial charge in [-0.15, -0.1) is 0 Å². The predicted octanol–water partition coefficient (Wildman–Crippen LogP) is 3.67. The zero-order chi connectivity index (χ0) is 44.0. The summed E-state index contributed by atoms with van der Waals surface area (Å²) in [7, 11) is 0. The molecule has 2 saturated heterocycles. The first-order valence-electron chi connectivity index (χ1n) is 22.8. The highest BCUT2D eigenvalue weighted by Crippen LogP contribution is 2.76. The van der Waals surface area contributed by atoms with Crippen molar-refractivity contribution in [3.8, 4) is 0 Å². The van der Waals surface area contributed by atoms with Gasteiger partial charge in [-0.3, -0.25) is 4.79 Å². The molecular weight excluding hydrogens is 776 g/mol. The Labute approximate surface area is 355 Å². The number of hydrogen-bond acceptors (Lipinski definition) is 14. The van der Waals surface area contributed by atoms with Crippen molar-refractivity contribution in [1.29, 1.82) is 0 Å². The SMILES string of the molecule is CCCCOC(=O)[C@H]1O[C@@H](O[C@H]2CC[C@]3(C)[C@H]4CC=C5[C@@H]6CC(C)(C)CC[C@]6(C(=O)O[C@@H]6O[C@H](CO)[C@@H](O)[C@H](O)[C@H]6O)CC[C@@]5(C)[C@]4(C)CC[C@H]3C2(C)C)[C@H](O)[C@@H](O)[C@@H]1O. The van der Waals surface area contributed by atoms with Gasteiger partial charge in [0.1, 0.15) is 42.7 Å². The van der Waals surface area contributed by atoms with Crippen molar-refractivity contribution in [1.82, 2.24) is 0 Å². The molecule has 0 aromatic rings. The van der Waals surface area contributed by atoms with Gasteiger partial charge in [-0.25, -0.2) is 4.79 Å². The van der Waals surface area contributed by atoms with Crippen LogP contribution in [0, 0.1) is 50.2 Å². The quantitative estimate of drug-likeness (QED) is 0.0762. The molecule has 2 heterocycles. The minimum Gasteiger partial charge on any atom is -0.464 e. The molecule has 5 aliphatic carbocycles. The molecule has 0 aromatic heterocycles. The smallest absolute Gasteiger partial charge is 0.338 e. The van der Waals surface area contributed by atoms with Crippen LogP contribution in [-0.4, -0.2) is 128 Å². The van der Waals surface area contributed by atoms with Crippen molar-refractivity contribution >= 4 is 11.9 Å². The highest BCUT2D eigenvalue weighted by molar-refractivity contribution is 5.79. The number of fused-ring (bicyclic) bond motifs is 7. The molecule has 7 aliphatic rings. The molecule has 60 heavy (non-hydrogen) atoms. The maximum absolute atomic E-state index is 14.6. The van der Waals surface area contributed by atoms with Crippen LogP contribution in [-0.2, 0) is 33.3 Å². The fraction of sp³-hybridized carbons (Fsp3) is 0.913. The van der Waals surface area contributed by atoms with E-state index in [1.807, 2.05) is 6.92 Å². The minimum atomic E-state index is -1.67. The summed E-state index contributed by atoms with van der Waals surface area (Å²) in [5.74, 6) is -0.815. The lowest BCUT2D eigenvalue weighted by Gasteiger charge is -2.71. The summed E-state index contributed by atoms with van der Waals surface area (Å²) in [5.41, 5.74) is -0.363. The summed E-state index contributed by atoms with van der Waals surface area (Å²) in [6, 6.07) is 0. The Balaban J connectivity index is 1.13. The van der Waals surface area contributed by atoms with Gasteiger partial charge in [-0.05, 0) is 115 Å². The molecule has 342 valence electrons. The minimum absolute atomic E-state index is 0.0282. The van der Waals surface area contributed by atoms with Crippen LogP contribution in [0.4, 0.5) is 0 Å². The number of unbranched alkanes of at least 4 members (excludes halogenated alkanes) is 1. The number of esters is 2. The topological polar surface area (TPSA) is 222 Å². The predicted molar refractivity (Wildman–Crippen MR) is 216 cm³/mol. The second kappa shape index (κ2) is 16.4. The lowest BCUT2D eigenvalue weighted by molar-refractivity contribution is -0.324. The monoisotopic (exact) mass is 851 g/mol. The van der Waals surface area contributed by atoms with Crippen molar-refractivity contribution in [2.45, 2.75) is 200 Å². The van der Waals surface area contributed by atoms with E-state index in [4.69, 9.17) is 23.7 Å². The lowest BCUT2D eigenvalue weighted by Crippen LogP contribution is -2.66. The molecule has 0 bridgehead atoms. The molecule has 7 rings (SSSR count). The average Bonchev–Trinajstić information content (AvgIpc) is 3.19. The summed E-state index contributed by atoms with van der Waals surface area (Å²) in [5, 5.41) is 74.0. The molecule has 0 spiro atoms. The number of aliphatic hydroxyl groups is 7. The van der Waals surface area contributed by atoms with Crippen LogP contribution in [0.3, 0.4) is 0 Å². The van der Waals surface area contributed by atoms with E-state index in [2.05, 4.69) is 54.5 Å². The molecule has 0 unspecified atom stereocenters. The van der Waals surface area contributed by atoms with E-state index in [1.54, 1.807) is 0 Å². The standard InChI is InChI=1S/C46H74O14/c1-9-10-21-56-37(54)36-33(51)32(50)35(53)39(59-36)58-29-14-15-43(6)27(42(29,4)5)13-16-45(8)28(43)12-11-24-25-22-41(2,3)17-19-46(25,20-18-44(24,45)7)40(55)60-38-34(52)31(49)30(48)26(23-47)57-38/h11,25-36,38-39,47-53H,9-10,12-23H2,1-8H3/t25-,26+,27-,28+,29-,30+,31-,32-,33-,34+,35+,36-,38-,39+,43-,44+,45+,46-/m0/s1. The van der Waals surface area contributed by atoms with Crippen LogP contribution in [0.2, 0.25) is 0 Å². The maximum Gasteiger partial charge on any atom is 0.338 e. The van der Waals surface area contributed by atoms with Gasteiger partial charge in [0.15, 0.2) is 12.4 Å². The third kappa shape index (κ3) is 7.23. The van der Waals surface area contributed by atoms with Crippen LogP contribution in [0.5, 0.6) is 0 Å². The van der Waals surface area contributed by atoms with Crippen LogP contribution < -0.4 is 0 Å². The Bertz CT molecular complexity index is 1630. The van der Waals surface area contributed by atoms with Crippen LogP contribution in [0.25, 0.3) is 0 Å².